The Bertz CT molecular complexity index is 574. The SMILES string of the molecule is CC(C)(C)NCc1cn(-c2cc(Br)ccc2Cl)nn1. The number of halogens is 2. The molecule has 0 bridgehead atoms. The molecule has 0 aliphatic carbocycles. The van der Waals surface area contributed by atoms with E-state index in [1.807, 2.05) is 24.4 Å². The van der Waals surface area contributed by atoms with Gasteiger partial charge in [-0.3, -0.25) is 0 Å². The topological polar surface area (TPSA) is 42.7 Å². The van der Waals surface area contributed by atoms with Gasteiger partial charge < -0.3 is 5.32 Å². The van der Waals surface area contributed by atoms with E-state index in [9.17, 15) is 0 Å². The molecule has 102 valence electrons. The highest BCUT2D eigenvalue weighted by atomic mass is 79.9. The summed E-state index contributed by atoms with van der Waals surface area (Å²) in [6.07, 6.45) is 1.88. The van der Waals surface area contributed by atoms with E-state index in [2.05, 4.69) is 52.3 Å². The van der Waals surface area contributed by atoms with Crippen LogP contribution in [0.5, 0.6) is 0 Å². The lowest BCUT2D eigenvalue weighted by Gasteiger charge is -2.19. The van der Waals surface area contributed by atoms with Crippen LogP contribution in [0.4, 0.5) is 0 Å². The first kappa shape index (κ1) is 14.5. The zero-order chi connectivity index (χ0) is 14.0. The molecule has 0 unspecified atom stereocenters. The Morgan fingerprint density at radius 3 is 2.79 bits per heavy atom. The molecule has 2 rings (SSSR count). The van der Waals surface area contributed by atoms with Crippen molar-refractivity contribution < 1.29 is 0 Å². The minimum atomic E-state index is 0.0528. The van der Waals surface area contributed by atoms with E-state index in [0.29, 0.717) is 11.6 Å². The highest BCUT2D eigenvalue weighted by molar-refractivity contribution is 9.10. The van der Waals surface area contributed by atoms with E-state index >= 15 is 0 Å². The number of hydrogen-bond acceptors (Lipinski definition) is 3. The fourth-order valence-electron chi connectivity index (χ4n) is 1.51. The summed E-state index contributed by atoms with van der Waals surface area (Å²) in [5.41, 5.74) is 1.74. The second-order valence-corrected chi connectivity index (χ2v) is 6.68. The van der Waals surface area contributed by atoms with Crippen LogP contribution >= 0.6 is 27.5 Å². The number of benzene rings is 1. The summed E-state index contributed by atoms with van der Waals surface area (Å²) in [5.74, 6) is 0. The van der Waals surface area contributed by atoms with Crippen molar-refractivity contribution in [2.24, 2.45) is 0 Å². The van der Waals surface area contributed by atoms with Gasteiger partial charge in [0.1, 0.15) is 0 Å². The summed E-state index contributed by atoms with van der Waals surface area (Å²) in [4.78, 5) is 0. The average molecular weight is 344 g/mol. The summed E-state index contributed by atoms with van der Waals surface area (Å²) in [6, 6.07) is 5.64. The Hall–Kier alpha value is -0.910. The number of aromatic nitrogens is 3. The molecule has 2 aromatic rings. The van der Waals surface area contributed by atoms with Gasteiger partial charge >= 0.3 is 0 Å². The zero-order valence-electron chi connectivity index (χ0n) is 11.1. The Morgan fingerprint density at radius 2 is 2.11 bits per heavy atom. The van der Waals surface area contributed by atoms with Gasteiger partial charge in [-0.15, -0.1) is 5.10 Å². The van der Waals surface area contributed by atoms with Crippen molar-refractivity contribution in [3.8, 4) is 5.69 Å². The molecule has 1 heterocycles. The maximum Gasteiger partial charge on any atom is 0.0969 e. The monoisotopic (exact) mass is 342 g/mol. The van der Waals surface area contributed by atoms with Gasteiger partial charge in [0.15, 0.2) is 0 Å². The number of nitrogens with zero attached hydrogens (tertiary/aromatic N) is 3. The van der Waals surface area contributed by atoms with E-state index in [4.69, 9.17) is 11.6 Å². The number of nitrogens with one attached hydrogen (secondary N) is 1. The predicted octanol–water partition coefficient (Wildman–Crippen LogP) is 3.57. The first-order valence-corrected chi connectivity index (χ1v) is 7.14. The van der Waals surface area contributed by atoms with Crippen LogP contribution in [0.2, 0.25) is 5.02 Å². The fraction of sp³-hybridized carbons (Fsp3) is 0.385. The van der Waals surface area contributed by atoms with E-state index < -0.39 is 0 Å². The van der Waals surface area contributed by atoms with Crippen molar-refractivity contribution in [1.82, 2.24) is 20.3 Å². The van der Waals surface area contributed by atoms with Crippen molar-refractivity contribution in [2.45, 2.75) is 32.9 Å². The Morgan fingerprint density at radius 1 is 1.37 bits per heavy atom. The minimum absolute atomic E-state index is 0.0528. The average Bonchev–Trinajstić information content (AvgIpc) is 2.77. The molecular weight excluding hydrogens is 328 g/mol. The lowest BCUT2D eigenvalue weighted by Crippen LogP contribution is -2.35. The third-order valence-electron chi connectivity index (χ3n) is 2.50. The van der Waals surface area contributed by atoms with Crippen LogP contribution in [-0.4, -0.2) is 20.5 Å². The number of hydrogen-bond donors (Lipinski definition) is 1. The molecule has 1 aromatic carbocycles. The van der Waals surface area contributed by atoms with Crippen LogP contribution in [-0.2, 0) is 6.54 Å². The molecule has 0 saturated heterocycles. The van der Waals surface area contributed by atoms with Crippen molar-refractivity contribution in [3.63, 3.8) is 0 Å². The lowest BCUT2D eigenvalue weighted by molar-refractivity contribution is 0.421. The van der Waals surface area contributed by atoms with Crippen molar-refractivity contribution in [3.05, 3.63) is 39.6 Å². The zero-order valence-corrected chi connectivity index (χ0v) is 13.5. The smallest absolute Gasteiger partial charge is 0.0969 e. The quantitative estimate of drug-likeness (QED) is 0.926. The summed E-state index contributed by atoms with van der Waals surface area (Å²) in [5, 5.41) is 12.3. The van der Waals surface area contributed by atoms with Gasteiger partial charge in [-0.05, 0) is 39.0 Å². The second kappa shape index (κ2) is 5.61. The molecule has 0 amide bonds. The van der Waals surface area contributed by atoms with Gasteiger partial charge in [0.25, 0.3) is 0 Å². The van der Waals surface area contributed by atoms with Gasteiger partial charge in [-0.25, -0.2) is 4.68 Å². The second-order valence-electron chi connectivity index (χ2n) is 5.35. The van der Waals surface area contributed by atoms with E-state index in [0.717, 1.165) is 15.9 Å². The predicted molar refractivity (Wildman–Crippen MR) is 80.7 cm³/mol. The molecule has 1 N–H and O–H groups in total. The normalized spacial score (nSPS) is 11.8. The largest absolute Gasteiger partial charge is 0.306 e. The molecule has 0 spiro atoms. The lowest BCUT2D eigenvalue weighted by atomic mass is 10.1. The highest BCUT2D eigenvalue weighted by Crippen LogP contribution is 2.23. The molecule has 0 saturated carbocycles. The summed E-state index contributed by atoms with van der Waals surface area (Å²) in [7, 11) is 0. The first-order chi connectivity index (χ1) is 8.85. The highest BCUT2D eigenvalue weighted by Gasteiger charge is 2.11. The van der Waals surface area contributed by atoms with Gasteiger partial charge in [-0.1, -0.05) is 32.7 Å². The molecular formula is C13H16BrClN4. The molecule has 0 atom stereocenters. The van der Waals surface area contributed by atoms with Gasteiger partial charge in [0, 0.05) is 16.6 Å². The maximum absolute atomic E-state index is 6.16. The Balaban J connectivity index is 2.19. The molecule has 6 heteroatoms. The first-order valence-electron chi connectivity index (χ1n) is 5.97. The molecule has 0 aliphatic heterocycles. The van der Waals surface area contributed by atoms with E-state index in [1.54, 1.807) is 4.68 Å². The summed E-state index contributed by atoms with van der Waals surface area (Å²) in [6.45, 7) is 7.02. The molecule has 0 aliphatic rings. The van der Waals surface area contributed by atoms with Crippen LogP contribution < -0.4 is 5.32 Å². The van der Waals surface area contributed by atoms with Gasteiger partial charge in [0.2, 0.25) is 0 Å². The van der Waals surface area contributed by atoms with Gasteiger partial charge in [-0.2, -0.15) is 0 Å². The minimum Gasteiger partial charge on any atom is -0.306 e. The maximum atomic E-state index is 6.16. The number of rotatable bonds is 3. The molecule has 4 nitrogen and oxygen atoms in total. The molecule has 1 aromatic heterocycles. The van der Waals surface area contributed by atoms with Crippen LogP contribution in [0.25, 0.3) is 5.69 Å². The summed E-state index contributed by atoms with van der Waals surface area (Å²) < 4.78 is 2.64. The standard InChI is InChI=1S/C13H16BrClN4/c1-13(2,3)16-7-10-8-19(18-17-10)12-6-9(14)4-5-11(12)15/h4-6,8,16H,7H2,1-3H3. The van der Waals surface area contributed by atoms with Crippen LogP contribution in [0.1, 0.15) is 26.5 Å². The van der Waals surface area contributed by atoms with E-state index in [1.165, 1.54) is 0 Å². The Labute approximate surface area is 126 Å². The van der Waals surface area contributed by atoms with Gasteiger partial charge in [0.05, 0.1) is 22.6 Å². The van der Waals surface area contributed by atoms with Crippen molar-refractivity contribution in [2.75, 3.05) is 0 Å². The van der Waals surface area contributed by atoms with Crippen LogP contribution in [0.15, 0.2) is 28.9 Å². The van der Waals surface area contributed by atoms with Crippen molar-refractivity contribution >= 4 is 27.5 Å². The van der Waals surface area contributed by atoms with E-state index in [-0.39, 0.29) is 5.54 Å². The third-order valence-corrected chi connectivity index (χ3v) is 3.31. The van der Waals surface area contributed by atoms with Crippen LogP contribution in [0.3, 0.4) is 0 Å². The summed E-state index contributed by atoms with van der Waals surface area (Å²) >= 11 is 9.59. The van der Waals surface area contributed by atoms with Crippen LogP contribution in [0, 0.1) is 0 Å². The fourth-order valence-corrected chi connectivity index (χ4v) is 2.07. The molecule has 0 fully saturated rings. The van der Waals surface area contributed by atoms with Crippen molar-refractivity contribution in [1.29, 1.82) is 0 Å². The molecule has 19 heavy (non-hydrogen) atoms. The Kier molecular flexibility index (Phi) is 4.28. The molecule has 0 radical (unpaired) electrons. The third kappa shape index (κ3) is 4.03.